The predicted octanol–water partition coefficient (Wildman–Crippen LogP) is 0.263. The van der Waals surface area contributed by atoms with Crippen molar-refractivity contribution in [2.45, 2.75) is 44.6 Å². The van der Waals surface area contributed by atoms with Crippen LogP contribution < -0.4 is 4.89 Å². The van der Waals surface area contributed by atoms with Gasteiger partial charge in [0.15, 0.2) is 0 Å². The summed E-state index contributed by atoms with van der Waals surface area (Å²) in [5.74, 6) is 0. The fourth-order valence-corrected chi connectivity index (χ4v) is 2.01. The molecule has 1 fully saturated rings. The standard InChI is InChI=1S/C9H18BO5P/c1-6(2)14-7-4-9(10)15-8(7)5-13-16(3,11)12/h6-9H,4-5H2,1-3H3,(H,11,12)/p-1/t7?,8-,9-/m1/s1. The summed E-state index contributed by atoms with van der Waals surface area (Å²) in [4.78, 5) is 10.9. The van der Waals surface area contributed by atoms with Crippen molar-refractivity contribution in [3.8, 4) is 0 Å². The first-order valence-corrected chi connectivity index (χ1v) is 7.26. The van der Waals surface area contributed by atoms with E-state index in [4.69, 9.17) is 21.8 Å². The Kier molecular flexibility index (Phi) is 5.01. The van der Waals surface area contributed by atoms with Crippen molar-refractivity contribution in [1.82, 2.24) is 0 Å². The molecule has 0 aromatic heterocycles. The lowest BCUT2D eigenvalue weighted by Gasteiger charge is -2.24. The molecule has 0 amide bonds. The van der Waals surface area contributed by atoms with Gasteiger partial charge >= 0.3 is 0 Å². The van der Waals surface area contributed by atoms with Gasteiger partial charge in [0.25, 0.3) is 0 Å². The van der Waals surface area contributed by atoms with Crippen LogP contribution in [0.15, 0.2) is 0 Å². The molecule has 1 aliphatic heterocycles. The lowest BCUT2D eigenvalue weighted by atomic mass is 9.96. The molecule has 2 radical (unpaired) electrons. The lowest BCUT2D eigenvalue weighted by molar-refractivity contribution is -0.199. The zero-order valence-electron chi connectivity index (χ0n) is 9.79. The fraction of sp³-hybridized carbons (Fsp3) is 1.00. The molecule has 7 heteroatoms. The van der Waals surface area contributed by atoms with Crippen LogP contribution in [0.3, 0.4) is 0 Å². The topological polar surface area (TPSA) is 67.8 Å². The third kappa shape index (κ3) is 4.98. The van der Waals surface area contributed by atoms with Gasteiger partial charge in [0.1, 0.15) is 21.5 Å². The number of hydrogen-bond donors (Lipinski definition) is 0. The van der Waals surface area contributed by atoms with Crippen LogP contribution in [0, 0.1) is 0 Å². The van der Waals surface area contributed by atoms with Crippen LogP contribution in [0.1, 0.15) is 20.3 Å². The second-order valence-electron chi connectivity index (χ2n) is 4.24. The minimum atomic E-state index is -3.73. The molecular weight excluding hydrogens is 230 g/mol. The van der Waals surface area contributed by atoms with E-state index in [1.807, 2.05) is 13.8 Å². The van der Waals surface area contributed by atoms with Crippen LogP contribution >= 0.6 is 7.60 Å². The Bertz CT molecular complexity index is 267. The Morgan fingerprint density at radius 2 is 2.25 bits per heavy atom. The first kappa shape index (κ1) is 14.2. The average Bonchev–Trinajstić information content (AvgIpc) is 2.40. The van der Waals surface area contributed by atoms with Gasteiger partial charge in [-0.15, -0.1) is 0 Å². The quantitative estimate of drug-likeness (QED) is 0.515. The highest BCUT2D eigenvalue weighted by Crippen LogP contribution is 2.33. The van der Waals surface area contributed by atoms with Gasteiger partial charge in [0, 0.05) is 12.7 Å². The number of hydrogen-bond acceptors (Lipinski definition) is 5. The molecule has 0 bridgehead atoms. The minimum Gasteiger partial charge on any atom is -0.779 e. The van der Waals surface area contributed by atoms with Gasteiger partial charge in [-0.2, -0.15) is 0 Å². The van der Waals surface area contributed by atoms with E-state index in [2.05, 4.69) is 0 Å². The normalized spacial score (nSPS) is 34.2. The highest BCUT2D eigenvalue weighted by Gasteiger charge is 2.34. The van der Waals surface area contributed by atoms with Crippen LogP contribution in [0.4, 0.5) is 0 Å². The molecule has 5 nitrogen and oxygen atoms in total. The molecule has 92 valence electrons. The third-order valence-electron chi connectivity index (χ3n) is 2.15. The molecule has 16 heavy (non-hydrogen) atoms. The Hall–Kier alpha value is 0.135. The Balaban J connectivity index is 2.46. The SMILES string of the molecule is [B][C@H]1CC(OC(C)C)[C@@H](COP(C)(=O)[O-])O1. The van der Waals surface area contributed by atoms with Crippen molar-refractivity contribution in [3.63, 3.8) is 0 Å². The van der Waals surface area contributed by atoms with E-state index in [-0.39, 0.29) is 18.8 Å². The molecule has 0 aromatic rings. The van der Waals surface area contributed by atoms with Crippen molar-refractivity contribution >= 4 is 15.4 Å². The first-order valence-electron chi connectivity index (χ1n) is 5.27. The highest BCUT2D eigenvalue weighted by atomic mass is 31.2. The van der Waals surface area contributed by atoms with Gasteiger partial charge in [0.05, 0.1) is 18.8 Å². The van der Waals surface area contributed by atoms with Crippen molar-refractivity contribution in [2.75, 3.05) is 13.3 Å². The van der Waals surface area contributed by atoms with Crippen LogP contribution in [0.25, 0.3) is 0 Å². The van der Waals surface area contributed by atoms with Crippen molar-refractivity contribution in [3.05, 3.63) is 0 Å². The van der Waals surface area contributed by atoms with Crippen LogP contribution in [-0.2, 0) is 18.6 Å². The molecule has 1 aliphatic rings. The number of ether oxygens (including phenoxy) is 2. The lowest BCUT2D eigenvalue weighted by Crippen LogP contribution is -2.31. The van der Waals surface area contributed by atoms with Gasteiger partial charge in [-0.3, -0.25) is 0 Å². The predicted molar refractivity (Wildman–Crippen MR) is 58.5 cm³/mol. The summed E-state index contributed by atoms with van der Waals surface area (Å²) in [6.45, 7) is 4.79. The molecule has 1 saturated heterocycles. The summed E-state index contributed by atoms with van der Waals surface area (Å²) in [5.41, 5.74) is 0. The van der Waals surface area contributed by atoms with Crippen molar-refractivity contribution in [2.24, 2.45) is 0 Å². The third-order valence-corrected chi connectivity index (χ3v) is 2.77. The Morgan fingerprint density at radius 1 is 1.62 bits per heavy atom. The van der Waals surface area contributed by atoms with E-state index in [1.54, 1.807) is 0 Å². The van der Waals surface area contributed by atoms with Crippen LogP contribution in [0.5, 0.6) is 0 Å². The summed E-state index contributed by atoms with van der Waals surface area (Å²) in [6, 6.07) is -0.416. The monoisotopic (exact) mass is 247 g/mol. The summed E-state index contributed by atoms with van der Waals surface area (Å²) < 4.78 is 26.5. The van der Waals surface area contributed by atoms with Crippen molar-refractivity contribution in [1.29, 1.82) is 0 Å². The van der Waals surface area contributed by atoms with E-state index in [9.17, 15) is 9.46 Å². The average molecular weight is 247 g/mol. The Morgan fingerprint density at radius 3 is 2.75 bits per heavy atom. The molecule has 1 heterocycles. The molecule has 0 aliphatic carbocycles. The van der Waals surface area contributed by atoms with Gasteiger partial charge in [-0.1, -0.05) is 0 Å². The fourth-order valence-electron chi connectivity index (χ4n) is 1.60. The molecule has 0 spiro atoms. The second-order valence-corrected chi connectivity index (χ2v) is 6.04. The first-order chi connectivity index (χ1) is 7.28. The summed E-state index contributed by atoms with van der Waals surface area (Å²) in [6.07, 6.45) is -0.0257. The van der Waals surface area contributed by atoms with E-state index >= 15 is 0 Å². The highest BCUT2D eigenvalue weighted by molar-refractivity contribution is 7.50. The van der Waals surface area contributed by atoms with Crippen LogP contribution in [-0.4, -0.2) is 45.4 Å². The summed E-state index contributed by atoms with van der Waals surface area (Å²) in [5, 5.41) is 0. The van der Waals surface area contributed by atoms with E-state index in [1.165, 1.54) is 0 Å². The minimum absolute atomic E-state index is 0.0393. The van der Waals surface area contributed by atoms with E-state index in [0.29, 0.717) is 6.42 Å². The van der Waals surface area contributed by atoms with Crippen molar-refractivity contribution < 1.29 is 23.5 Å². The second kappa shape index (κ2) is 5.65. The van der Waals surface area contributed by atoms with E-state index in [0.717, 1.165) is 6.66 Å². The number of rotatable bonds is 5. The molecule has 4 atom stereocenters. The smallest absolute Gasteiger partial charge is 0.131 e. The maximum Gasteiger partial charge on any atom is 0.131 e. The molecular formula is C9H17BO5P-. The van der Waals surface area contributed by atoms with Crippen LogP contribution in [0.2, 0.25) is 0 Å². The molecule has 0 saturated carbocycles. The van der Waals surface area contributed by atoms with Gasteiger partial charge in [-0.25, -0.2) is 0 Å². The summed E-state index contributed by atoms with van der Waals surface area (Å²) in [7, 11) is 1.90. The summed E-state index contributed by atoms with van der Waals surface area (Å²) >= 11 is 0. The zero-order chi connectivity index (χ0) is 12.3. The molecule has 0 aromatic carbocycles. The largest absolute Gasteiger partial charge is 0.779 e. The molecule has 2 unspecified atom stereocenters. The van der Waals surface area contributed by atoms with Gasteiger partial charge in [0.2, 0.25) is 0 Å². The maximum atomic E-state index is 10.9. The van der Waals surface area contributed by atoms with Gasteiger partial charge in [-0.05, 0) is 20.3 Å². The Labute approximate surface area is 97.4 Å². The molecule has 0 N–H and O–H groups in total. The van der Waals surface area contributed by atoms with E-state index < -0.39 is 19.7 Å². The molecule has 1 rings (SSSR count). The maximum absolute atomic E-state index is 10.9. The zero-order valence-corrected chi connectivity index (χ0v) is 10.7. The van der Waals surface area contributed by atoms with Gasteiger partial charge < -0.3 is 23.5 Å².